The summed E-state index contributed by atoms with van der Waals surface area (Å²) in [5, 5.41) is 14.0. The van der Waals surface area contributed by atoms with Crippen LogP contribution >= 0.6 is 0 Å². The molecule has 0 aliphatic rings. The van der Waals surface area contributed by atoms with Crippen molar-refractivity contribution in [1.29, 1.82) is 5.41 Å². The van der Waals surface area contributed by atoms with Crippen LogP contribution in [0.5, 0.6) is 0 Å². The van der Waals surface area contributed by atoms with Gasteiger partial charge in [0.25, 0.3) is 0 Å². The van der Waals surface area contributed by atoms with Gasteiger partial charge in [-0.05, 0) is 47.5 Å². The zero-order valence-corrected chi connectivity index (χ0v) is 18.2. The van der Waals surface area contributed by atoms with E-state index in [1.54, 1.807) is 43.1 Å². The Bertz CT molecular complexity index is 1250. The third kappa shape index (κ3) is 5.43. The summed E-state index contributed by atoms with van der Waals surface area (Å²) in [4.78, 5) is 21.4. The molecule has 0 aliphatic heterocycles. The van der Waals surface area contributed by atoms with E-state index in [1.165, 1.54) is 0 Å². The largest absolute Gasteiger partial charge is 0.384 e. The minimum atomic E-state index is -0.567. The molecule has 0 spiro atoms. The molecule has 5 N–H and O–H groups in total. The van der Waals surface area contributed by atoms with Gasteiger partial charge in [0.05, 0.1) is 6.33 Å². The van der Waals surface area contributed by atoms with Gasteiger partial charge >= 0.3 is 0 Å². The lowest BCUT2D eigenvalue weighted by molar-refractivity contribution is -0.116. The lowest BCUT2D eigenvalue weighted by atomic mass is 10.1. The van der Waals surface area contributed by atoms with E-state index in [0.717, 1.165) is 16.8 Å². The van der Waals surface area contributed by atoms with E-state index in [1.807, 2.05) is 54.1 Å². The van der Waals surface area contributed by atoms with Crippen LogP contribution in [-0.4, -0.2) is 32.3 Å². The number of pyridine rings is 1. The Morgan fingerprint density at radius 3 is 2.42 bits per heavy atom. The highest BCUT2D eigenvalue weighted by Gasteiger charge is 2.21. The number of anilines is 2. The molecule has 2 aromatic heterocycles. The first-order valence-corrected chi connectivity index (χ1v) is 10.5. The number of hydrogen-bond donors (Lipinski definition) is 4. The number of aromatic nitrogens is 3. The van der Waals surface area contributed by atoms with Crippen LogP contribution < -0.4 is 16.4 Å². The van der Waals surface area contributed by atoms with Gasteiger partial charge in [0.1, 0.15) is 11.9 Å². The lowest BCUT2D eigenvalue weighted by Crippen LogP contribution is -2.37. The Labute approximate surface area is 192 Å². The van der Waals surface area contributed by atoms with E-state index in [9.17, 15) is 4.79 Å². The standard InChI is InChI=1S/C25H25N7O/c1-32-16-29-15-22(32)14-23(30-21-4-2-3-19(13-21)24(26)27)25(33)31-20-7-5-17(6-8-20)18-9-11-28-12-10-18/h2-13,15-16,23,30H,14H2,1H3,(H3,26,27)(H,31,33)/t23-/m0/s1. The summed E-state index contributed by atoms with van der Waals surface area (Å²) < 4.78 is 1.89. The number of amidine groups is 1. The van der Waals surface area contributed by atoms with Crippen molar-refractivity contribution in [2.24, 2.45) is 12.8 Å². The highest BCUT2D eigenvalue weighted by atomic mass is 16.2. The maximum Gasteiger partial charge on any atom is 0.247 e. The third-order valence-electron chi connectivity index (χ3n) is 5.33. The van der Waals surface area contributed by atoms with Gasteiger partial charge in [0, 0.05) is 54.7 Å². The molecule has 2 aromatic carbocycles. The van der Waals surface area contributed by atoms with Crippen LogP contribution in [0.15, 0.2) is 85.6 Å². The molecule has 0 fully saturated rings. The highest BCUT2D eigenvalue weighted by Crippen LogP contribution is 2.21. The number of nitrogens with zero attached hydrogens (tertiary/aromatic N) is 3. The lowest BCUT2D eigenvalue weighted by Gasteiger charge is -2.20. The fourth-order valence-electron chi connectivity index (χ4n) is 3.50. The van der Waals surface area contributed by atoms with E-state index in [4.69, 9.17) is 11.1 Å². The smallest absolute Gasteiger partial charge is 0.247 e. The van der Waals surface area contributed by atoms with Crippen LogP contribution in [0.25, 0.3) is 11.1 Å². The molecule has 2 heterocycles. The Kier molecular flexibility index (Phi) is 6.45. The SMILES string of the molecule is Cn1cncc1C[C@H](Nc1cccc(C(=N)N)c1)C(=O)Nc1ccc(-c2ccncc2)cc1. The Balaban J connectivity index is 1.53. The number of carbonyl (C=O) groups excluding carboxylic acids is 1. The normalized spacial score (nSPS) is 11.5. The van der Waals surface area contributed by atoms with Crippen LogP contribution in [0.4, 0.5) is 11.4 Å². The van der Waals surface area contributed by atoms with Gasteiger partial charge in [-0.1, -0.05) is 24.3 Å². The second-order valence-corrected chi connectivity index (χ2v) is 7.69. The van der Waals surface area contributed by atoms with Gasteiger partial charge in [-0.15, -0.1) is 0 Å². The number of carbonyl (C=O) groups is 1. The van der Waals surface area contributed by atoms with Gasteiger partial charge in [0.2, 0.25) is 5.91 Å². The van der Waals surface area contributed by atoms with Crippen molar-refractivity contribution in [1.82, 2.24) is 14.5 Å². The Hall–Kier alpha value is -4.46. The van der Waals surface area contributed by atoms with Gasteiger partial charge in [-0.3, -0.25) is 15.2 Å². The molecule has 0 saturated carbocycles. The van der Waals surface area contributed by atoms with Gasteiger partial charge in [-0.2, -0.15) is 0 Å². The van der Waals surface area contributed by atoms with Crippen molar-refractivity contribution < 1.29 is 4.79 Å². The van der Waals surface area contributed by atoms with Crippen molar-refractivity contribution >= 4 is 23.1 Å². The van der Waals surface area contributed by atoms with Crippen molar-refractivity contribution in [2.45, 2.75) is 12.5 Å². The minimum absolute atomic E-state index is 0.0272. The Morgan fingerprint density at radius 1 is 1.03 bits per heavy atom. The van der Waals surface area contributed by atoms with E-state index >= 15 is 0 Å². The van der Waals surface area contributed by atoms with Crippen LogP contribution in [0.1, 0.15) is 11.3 Å². The van der Waals surface area contributed by atoms with E-state index in [-0.39, 0.29) is 11.7 Å². The van der Waals surface area contributed by atoms with Gasteiger partial charge in [0.15, 0.2) is 0 Å². The molecule has 0 aliphatic carbocycles. The summed E-state index contributed by atoms with van der Waals surface area (Å²) in [5.41, 5.74) is 10.6. The Morgan fingerprint density at radius 2 is 1.76 bits per heavy atom. The van der Waals surface area contributed by atoms with E-state index < -0.39 is 6.04 Å². The summed E-state index contributed by atoms with van der Waals surface area (Å²) in [6, 6.07) is 18.2. The molecular weight excluding hydrogens is 414 g/mol. The molecule has 4 aromatic rings. The number of nitrogen functional groups attached to an aromatic ring is 1. The van der Waals surface area contributed by atoms with Crippen LogP contribution in [-0.2, 0) is 18.3 Å². The predicted molar refractivity (Wildman–Crippen MR) is 130 cm³/mol. The summed E-state index contributed by atoms with van der Waals surface area (Å²) in [5.74, 6) is -0.207. The first-order chi connectivity index (χ1) is 16.0. The fourth-order valence-corrected chi connectivity index (χ4v) is 3.50. The van der Waals surface area contributed by atoms with Crippen molar-refractivity contribution in [2.75, 3.05) is 10.6 Å². The summed E-state index contributed by atoms with van der Waals surface area (Å²) in [6.07, 6.45) is 7.39. The number of aryl methyl sites for hydroxylation is 1. The molecule has 8 nitrogen and oxygen atoms in total. The number of nitrogens with one attached hydrogen (secondary N) is 3. The highest BCUT2D eigenvalue weighted by molar-refractivity contribution is 5.98. The number of amides is 1. The molecular formula is C25H25N7O. The van der Waals surface area contributed by atoms with E-state index in [0.29, 0.717) is 23.4 Å². The summed E-state index contributed by atoms with van der Waals surface area (Å²) in [7, 11) is 1.89. The average molecular weight is 440 g/mol. The molecule has 0 radical (unpaired) electrons. The first-order valence-electron chi connectivity index (χ1n) is 10.5. The minimum Gasteiger partial charge on any atom is -0.384 e. The predicted octanol–water partition coefficient (Wildman–Crippen LogP) is 3.43. The molecule has 0 bridgehead atoms. The quantitative estimate of drug-likeness (QED) is 0.248. The number of hydrogen-bond acceptors (Lipinski definition) is 5. The molecule has 0 unspecified atom stereocenters. The monoisotopic (exact) mass is 439 g/mol. The molecule has 166 valence electrons. The average Bonchev–Trinajstić information content (AvgIpc) is 3.24. The number of nitrogens with two attached hydrogens (primary N) is 1. The van der Waals surface area contributed by atoms with Crippen LogP contribution in [0.2, 0.25) is 0 Å². The van der Waals surface area contributed by atoms with E-state index in [2.05, 4.69) is 20.6 Å². The summed E-state index contributed by atoms with van der Waals surface area (Å²) >= 11 is 0. The van der Waals surface area contributed by atoms with Crippen LogP contribution in [0.3, 0.4) is 0 Å². The van der Waals surface area contributed by atoms with Crippen LogP contribution in [0, 0.1) is 5.41 Å². The third-order valence-corrected chi connectivity index (χ3v) is 5.33. The molecule has 4 rings (SSSR count). The number of benzene rings is 2. The van der Waals surface area contributed by atoms with Gasteiger partial charge < -0.3 is 20.9 Å². The van der Waals surface area contributed by atoms with Crippen molar-refractivity contribution in [3.63, 3.8) is 0 Å². The second kappa shape index (κ2) is 9.78. The molecule has 1 amide bonds. The van der Waals surface area contributed by atoms with Crippen molar-refractivity contribution in [3.8, 4) is 11.1 Å². The molecule has 0 saturated heterocycles. The van der Waals surface area contributed by atoms with Gasteiger partial charge in [-0.25, -0.2) is 4.98 Å². The number of imidazole rings is 1. The zero-order chi connectivity index (χ0) is 23.2. The fraction of sp³-hybridized carbons (Fsp3) is 0.120. The topological polar surface area (TPSA) is 122 Å². The molecule has 8 heteroatoms. The first kappa shape index (κ1) is 21.8. The summed E-state index contributed by atoms with van der Waals surface area (Å²) in [6.45, 7) is 0. The molecule has 33 heavy (non-hydrogen) atoms. The second-order valence-electron chi connectivity index (χ2n) is 7.69. The maximum absolute atomic E-state index is 13.2. The maximum atomic E-state index is 13.2. The zero-order valence-electron chi connectivity index (χ0n) is 18.2. The molecule has 1 atom stereocenters. The number of rotatable bonds is 8. The van der Waals surface area contributed by atoms with Crippen molar-refractivity contribution in [3.05, 3.63) is 96.8 Å².